The molecule has 0 aliphatic rings. The lowest BCUT2D eigenvalue weighted by molar-refractivity contribution is 0.0697. The van der Waals surface area contributed by atoms with Gasteiger partial charge in [0.25, 0.3) is 0 Å². The first kappa shape index (κ1) is 14.3. The first-order valence-electron chi connectivity index (χ1n) is 6.60. The van der Waals surface area contributed by atoms with Crippen molar-refractivity contribution in [2.45, 2.75) is 26.6 Å². The minimum Gasteiger partial charge on any atom is -0.478 e. The summed E-state index contributed by atoms with van der Waals surface area (Å²) >= 11 is 0. The Bertz CT molecular complexity index is 575. The van der Waals surface area contributed by atoms with E-state index in [0.717, 1.165) is 25.2 Å². The Kier molecular flexibility index (Phi) is 4.53. The van der Waals surface area contributed by atoms with Gasteiger partial charge >= 0.3 is 5.97 Å². The Morgan fingerprint density at radius 2 is 2.00 bits per heavy atom. The highest BCUT2D eigenvalue weighted by atomic mass is 16.4. The summed E-state index contributed by atoms with van der Waals surface area (Å²) in [5, 5.41) is 8.87. The third kappa shape index (κ3) is 3.45. The molecule has 0 fully saturated rings. The van der Waals surface area contributed by atoms with Gasteiger partial charge in [-0.25, -0.2) is 9.78 Å². The lowest BCUT2D eigenvalue weighted by Crippen LogP contribution is -2.19. The average Bonchev–Trinajstić information content (AvgIpc) is 2.86. The van der Waals surface area contributed by atoms with E-state index in [1.807, 2.05) is 31.7 Å². The minimum absolute atomic E-state index is 0.320. The third-order valence-electron chi connectivity index (χ3n) is 3.22. The number of benzene rings is 1. The zero-order valence-corrected chi connectivity index (χ0v) is 11.8. The molecule has 5 nitrogen and oxygen atoms in total. The van der Waals surface area contributed by atoms with E-state index in [1.54, 1.807) is 12.1 Å². The molecule has 1 aromatic heterocycles. The molecule has 106 valence electrons. The fourth-order valence-corrected chi connectivity index (χ4v) is 2.16. The zero-order valence-electron chi connectivity index (χ0n) is 11.8. The summed E-state index contributed by atoms with van der Waals surface area (Å²) in [6.07, 6.45) is 3.72. The van der Waals surface area contributed by atoms with Crippen LogP contribution in [0.5, 0.6) is 0 Å². The summed E-state index contributed by atoms with van der Waals surface area (Å²) in [6, 6.07) is 7.00. The Labute approximate surface area is 118 Å². The van der Waals surface area contributed by atoms with Gasteiger partial charge in [0.05, 0.1) is 17.6 Å². The summed E-state index contributed by atoms with van der Waals surface area (Å²) < 4.78 is 2.12. The van der Waals surface area contributed by atoms with Gasteiger partial charge in [0.2, 0.25) is 0 Å². The van der Waals surface area contributed by atoms with Crippen LogP contribution >= 0.6 is 0 Å². The number of carboxylic acids is 1. The number of carbonyl (C=O) groups is 1. The van der Waals surface area contributed by atoms with E-state index in [0.29, 0.717) is 5.56 Å². The van der Waals surface area contributed by atoms with Gasteiger partial charge in [-0.3, -0.25) is 4.90 Å². The Morgan fingerprint density at radius 1 is 1.30 bits per heavy atom. The average molecular weight is 273 g/mol. The molecular weight excluding hydrogens is 254 g/mol. The van der Waals surface area contributed by atoms with Crippen LogP contribution in [0.1, 0.15) is 28.5 Å². The van der Waals surface area contributed by atoms with E-state index in [-0.39, 0.29) is 0 Å². The molecule has 0 radical (unpaired) electrons. The van der Waals surface area contributed by atoms with Crippen LogP contribution in [0.4, 0.5) is 0 Å². The number of aryl methyl sites for hydroxylation is 1. The van der Waals surface area contributed by atoms with Gasteiger partial charge < -0.3 is 9.67 Å². The predicted molar refractivity (Wildman–Crippen MR) is 76.5 cm³/mol. The summed E-state index contributed by atoms with van der Waals surface area (Å²) in [7, 11) is 2.04. The van der Waals surface area contributed by atoms with Crippen LogP contribution in [0.25, 0.3) is 0 Å². The first-order chi connectivity index (χ1) is 9.60. The van der Waals surface area contributed by atoms with E-state index in [2.05, 4.69) is 21.4 Å². The second kappa shape index (κ2) is 6.34. The van der Waals surface area contributed by atoms with Crippen molar-refractivity contribution >= 4 is 5.97 Å². The van der Waals surface area contributed by atoms with Crippen LogP contribution in [0, 0.1) is 0 Å². The number of nitrogens with zero attached hydrogens (tertiary/aromatic N) is 3. The van der Waals surface area contributed by atoms with Gasteiger partial charge in [0, 0.05) is 25.8 Å². The highest BCUT2D eigenvalue weighted by Gasteiger charge is 2.07. The molecule has 0 saturated heterocycles. The van der Waals surface area contributed by atoms with Crippen molar-refractivity contribution < 1.29 is 9.90 Å². The van der Waals surface area contributed by atoms with Crippen molar-refractivity contribution in [3.63, 3.8) is 0 Å². The van der Waals surface area contributed by atoms with Crippen LogP contribution < -0.4 is 0 Å². The maximum atomic E-state index is 10.8. The van der Waals surface area contributed by atoms with Crippen molar-refractivity contribution in [2.24, 2.45) is 0 Å². The van der Waals surface area contributed by atoms with Crippen molar-refractivity contribution in [1.82, 2.24) is 14.5 Å². The Morgan fingerprint density at radius 3 is 2.60 bits per heavy atom. The molecule has 1 heterocycles. The van der Waals surface area contributed by atoms with Crippen molar-refractivity contribution in [1.29, 1.82) is 0 Å². The zero-order chi connectivity index (χ0) is 14.5. The van der Waals surface area contributed by atoms with E-state index in [9.17, 15) is 4.79 Å². The molecule has 1 N–H and O–H groups in total. The van der Waals surface area contributed by atoms with Crippen LogP contribution in [-0.2, 0) is 19.6 Å². The maximum Gasteiger partial charge on any atom is 0.335 e. The summed E-state index contributed by atoms with van der Waals surface area (Å²) in [4.78, 5) is 17.1. The molecule has 0 amide bonds. The molecule has 1 aromatic carbocycles. The summed E-state index contributed by atoms with van der Waals surface area (Å²) in [5.74, 6) is -0.892. The lowest BCUT2D eigenvalue weighted by atomic mass is 10.1. The second-order valence-electron chi connectivity index (χ2n) is 4.85. The smallest absolute Gasteiger partial charge is 0.335 e. The minimum atomic E-state index is -0.892. The number of aromatic nitrogens is 2. The number of hydrogen-bond acceptors (Lipinski definition) is 3. The first-order valence-corrected chi connectivity index (χ1v) is 6.60. The predicted octanol–water partition coefficient (Wildman–Crippen LogP) is 2.23. The molecule has 0 spiro atoms. The molecular formula is C15H19N3O2. The van der Waals surface area contributed by atoms with Crippen LogP contribution in [0.2, 0.25) is 0 Å². The Hall–Kier alpha value is -2.14. The largest absolute Gasteiger partial charge is 0.478 e. The maximum absolute atomic E-state index is 10.8. The van der Waals surface area contributed by atoms with Crippen LogP contribution in [0.3, 0.4) is 0 Å². The highest BCUT2D eigenvalue weighted by molar-refractivity contribution is 5.87. The normalized spacial score (nSPS) is 10.9. The van der Waals surface area contributed by atoms with Gasteiger partial charge in [0.1, 0.15) is 0 Å². The molecule has 2 rings (SSSR count). The van der Waals surface area contributed by atoms with Crippen molar-refractivity contribution in [3.8, 4) is 0 Å². The standard InChI is InChI=1S/C15H19N3O2/c1-3-18-11-16-8-14(18)10-17(2)9-12-4-6-13(7-5-12)15(19)20/h4-8,11H,3,9-10H2,1-2H3,(H,19,20). The van der Waals surface area contributed by atoms with Gasteiger partial charge in [-0.2, -0.15) is 0 Å². The fraction of sp³-hybridized carbons (Fsp3) is 0.333. The van der Waals surface area contributed by atoms with E-state index < -0.39 is 5.97 Å². The quantitative estimate of drug-likeness (QED) is 0.877. The summed E-state index contributed by atoms with van der Waals surface area (Å²) in [6.45, 7) is 4.59. The van der Waals surface area contributed by atoms with Gasteiger partial charge in [0.15, 0.2) is 0 Å². The van der Waals surface area contributed by atoms with Gasteiger partial charge in [-0.05, 0) is 31.7 Å². The number of carboxylic acid groups (broad SMARTS) is 1. The Balaban J connectivity index is 1.97. The number of hydrogen-bond donors (Lipinski definition) is 1. The molecule has 2 aromatic rings. The fourth-order valence-electron chi connectivity index (χ4n) is 2.16. The summed E-state index contributed by atoms with van der Waals surface area (Å²) in [5.41, 5.74) is 2.60. The van der Waals surface area contributed by atoms with Gasteiger partial charge in [-0.1, -0.05) is 12.1 Å². The topological polar surface area (TPSA) is 58.4 Å². The number of imidazole rings is 1. The van der Waals surface area contributed by atoms with Gasteiger partial charge in [-0.15, -0.1) is 0 Å². The van der Waals surface area contributed by atoms with Crippen molar-refractivity contribution in [3.05, 3.63) is 53.6 Å². The molecule has 0 aliphatic carbocycles. The van der Waals surface area contributed by atoms with Crippen LogP contribution in [0.15, 0.2) is 36.8 Å². The molecule has 0 bridgehead atoms. The molecule has 0 saturated carbocycles. The lowest BCUT2D eigenvalue weighted by Gasteiger charge is -2.17. The van der Waals surface area contributed by atoms with Crippen LogP contribution in [-0.4, -0.2) is 32.6 Å². The molecule has 0 unspecified atom stereocenters. The molecule has 0 aliphatic heterocycles. The van der Waals surface area contributed by atoms with E-state index in [4.69, 9.17) is 5.11 Å². The SMILES string of the molecule is CCn1cncc1CN(C)Cc1ccc(C(=O)O)cc1. The van der Waals surface area contributed by atoms with E-state index in [1.165, 1.54) is 5.69 Å². The molecule has 5 heteroatoms. The second-order valence-corrected chi connectivity index (χ2v) is 4.85. The van der Waals surface area contributed by atoms with E-state index >= 15 is 0 Å². The highest BCUT2D eigenvalue weighted by Crippen LogP contribution is 2.10. The molecule has 20 heavy (non-hydrogen) atoms. The number of rotatable bonds is 6. The number of aromatic carboxylic acids is 1. The van der Waals surface area contributed by atoms with Crippen molar-refractivity contribution in [2.75, 3.05) is 7.05 Å². The monoisotopic (exact) mass is 273 g/mol. The third-order valence-corrected chi connectivity index (χ3v) is 3.22. The molecule has 0 atom stereocenters.